The van der Waals surface area contributed by atoms with Crippen molar-refractivity contribution in [3.8, 4) is 11.1 Å². The Morgan fingerprint density at radius 2 is 1.83 bits per heavy atom. The smallest absolute Gasteiger partial charge is 0.123 e. The summed E-state index contributed by atoms with van der Waals surface area (Å²) in [6.45, 7) is 3.89. The summed E-state index contributed by atoms with van der Waals surface area (Å²) in [6.07, 6.45) is 1.10. The highest BCUT2D eigenvalue weighted by atomic mass is 19.1. The van der Waals surface area contributed by atoms with Crippen LogP contribution in [0.5, 0.6) is 0 Å². The molecule has 2 aromatic rings. The standard InChI is InChI=1S/C16H18FN/c1-2-10-18-12-14-8-9-15(17)11-16(14)13-6-4-3-5-7-13/h3-9,11,18H,2,10,12H2,1H3. The van der Waals surface area contributed by atoms with Gasteiger partial charge in [0.25, 0.3) is 0 Å². The zero-order chi connectivity index (χ0) is 12.8. The van der Waals surface area contributed by atoms with E-state index in [2.05, 4.69) is 12.2 Å². The lowest BCUT2D eigenvalue weighted by molar-refractivity contribution is 0.625. The summed E-state index contributed by atoms with van der Waals surface area (Å²) in [4.78, 5) is 0. The van der Waals surface area contributed by atoms with E-state index < -0.39 is 0 Å². The average molecular weight is 243 g/mol. The zero-order valence-corrected chi connectivity index (χ0v) is 10.6. The van der Waals surface area contributed by atoms with Crippen molar-refractivity contribution >= 4 is 0 Å². The monoisotopic (exact) mass is 243 g/mol. The summed E-state index contributed by atoms with van der Waals surface area (Å²) in [5, 5.41) is 3.36. The van der Waals surface area contributed by atoms with Crippen LogP contribution >= 0.6 is 0 Å². The third-order valence-corrected chi connectivity index (χ3v) is 2.90. The van der Waals surface area contributed by atoms with Crippen molar-refractivity contribution in [1.82, 2.24) is 5.32 Å². The highest BCUT2D eigenvalue weighted by molar-refractivity contribution is 5.67. The van der Waals surface area contributed by atoms with Crippen molar-refractivity contribution in [1.29, 1.82) is 0 Å². The van der Waals surface area contributed by atoms with E-state index in [0.717, 1.165) is 36.2 Å². The minimum atomic E-state index is -0.187. The van der Waals surface area contributed by atoms with Gasteiger partial charge in [-0.25, -0.2) is 4.39 Å². The van der Waals surface area contributed by atoms with Gasteiger partial charge in [0.2, 0.25) is 0 Å². The molecule has 18 heavy (non-hydrogen) atoms. The van der Waals surface area contributed by atoms with E-state index in [-0.39, 0.29) is 5.82 Å². The molecule has 0 fully saturated rings. The molecule has 0 amide bonds. The minimum absolute atomic E-state index is 0.187. The van der Waals surface area contributed by atoms with Crippen LogP contribution in [0.1, 0.15) is 18.9 Å². The van der Waals surface area contributed by atoms with Crippen LogP contribution in [0.15, 0.2) is 48.5 Å². The first kappa shape index (κ1) is 12.8. The van der Waals surface area contributed by atoms with E-state index in [1.54, 1.807) is 6.07 Å². The van der Waals surface area contributed by atoms with Gasteiger partial charge in [0.1, 0.15) is 5.82 Å². The maximum atomic E-state index is 13.4. The van der Waals surface area contributed by atoms with Crippen molar-refractivity contribution in [2.75, 3.05) is 6.54 Å². The molecule has 0 bridgehead atoms. The van der Waals surface area contributed by atoms with Crippen LogP contribution in [0.4, 0.5) is 4.39 Å². The van der Waals surface area contributed by atoms with E-state index in [1.807, 2.05) is 36.4 Å². The summed E-state index contributed by atoms with van der Waals surface area (Å²) < 4.78 is 13.4. The molecule has 0 aliphatic rings. The molecule has 94 valence electrons. The largest absolute Gasteiger partial charge is 0.313 e. The Kier molecular flexibility index (Phi) is 4.48. The fourth-order valence-electron chi connectivity index (χ4n) is 1.99. The zero-order valence-electron chi connectivity index (χ0n) is 10.6. The van der Waals surface area contributed by atoms with Crippen molar-refractivity contribution < 1.29 is 4.39 Å². The number of hydrogen-bond acceptors (Lipinski definition) is 1. The molecule has 0 heterocycles. The molecule has 0 aromatic heterocycles. The molecule has 2 rings (SSSR count). The molecule has 0 aliphatic heterocycles. The molecule has 1 N–H and O–H groups in total. The molecule has 0 spiro atoms. The van der Waals surface area contributed by atoms with E-state index in [9.17, 15) is 4.39 Å². The third-order valence-electron chi connectivity index (χ3n) is 2.90. The minimum Gasteiger partial charge on any atom is -0.313 e. The fourth-order valence-corrected chi connectivity index (χ4v) is 1.99. The van der Waals surface area contributed by atoms with Crippen LogP contribution in [0.3, 0.4) is 0 Å². The molecular formula is C16H18FN. The number of hydrogen-bond donors (Lipinski definition) is 1. The summed E-state index contributed by atoms with van der Waals surface area (Å²) >= 11 is 0. The molecule has 0 radical (unpaired) electrons. The number of rotatable bonds is 5. The first-order valence-corrected chi connectivity index (χ1v) is 6.36. The molecule has 0 saturated heterocycles. The second-order valence-corrected chi connectivity index (χ2v) is 4.34. The van der Waals surface area contributed by atoms with E-state index >= 15 is 0 Å². The van der Waals surface area contributed by atoms with Gasteiger partial charge in [-0.15, -0.1) is 0 Å². The van der Waals surface area contributed by atoms with Gasteiger partial charge in [-0.3, -0.25) is 0 Å². The number of halogens is 1. The lowest BCUT2D eigenvalue weighted by Crippen LogP contribution is -2.14. The second-order valence-electron chi connectivity index (χ2n) is 4.34. The van der Waals surface area contributed by atoms with Crippen molar-refractivity contribution in [3.63, 3.8) is 0 Å². The van der Waals surface area contributed by atoms with Gasteiger partial charge in [0.05, 0.1) is 0 Å². The van der Waals surface area contributed by atoms with E-state index in [4.69, 9.17) is 0 Å². The summed E-state index contributed by atoms with van der Waals surface area (Å²) in [5.74, 6) is -0.187. The van der Waals surface area contributed by atoms with Crippen LogP contribution in [-0.2, 0) is 6.54 Å². The van der Waals surface area contributed by atoms with Crippen molar-refractivity contribution in [2.24, 2.45) is 0 Å². The summed E-state index contributed by atoms with van der Waals surface area (Å²) in [7, 11) is 0. The van der Waals surface area contributed by atoms with Crippen LogP contribution in [0.25, 0.3) is 11.1 Å². The SMILES string of the molecule is CCCNCc1ccc(F)cc1-c1ccccc1. The van der Waals surface area contributed by atoms with Gasteiger partial charge in [-0.05, 0) is 41.8 Å². The Bertz CT molecular complexity index is 494. The molecule has 0 unspecified atom stereocenters. The predicted octanol–water partition coefficient (Wildman–Crippen LogP) is 3.99. The Morgan fingerprint density at radius 1 is 1.06 bits per heavy atom. The van der Waals surface area contributed by atoms with Crippen LogP contribution in [0, 0.1) is 5.82 Å². The van der Waals surface area contributed by atoms with Crippen LogP contribution in [0.2, 0.25) is 0 Å². The van der Waals surface area contributed by atoms with Gasteiger partial charge >= 0.3 is 0 Å². The van der Waals surface area contributed by atoms with Gasteiger partial charge < -0.3 is 5.32 Å². The van der Waals surface area contributed by atoms with Gasteiger partial charge in [0, 0.05) is 6.54 Å². The summed E-state index contributed by atoms with van der Waals surface area (Å²) in [5.41, 5.74) is 3.17. The fraction of sp³-hybridized carbons (Fsp3) is 0.250. The lowest BCUT2D eigenvalue weighted by Gasteiger charge is -2.11. The first-order valence-electron chi connectivity index (χ1n) is 6.36. The van der Waals surface area contributed by atoms with Crippen molar-refractivity contribution in [2.45, 2.75) is 19.9 Å². The summed E-state index contributed by atoms with van der Waals surface area (Å²) in [6, 6.07) is 14.9. The topological polar surface area (TPSA) is 12.0 Å². The van der Waals surface area contributed by atoms with Gasteiger partial charge in [-0.1, -0.05) is 43.3 Å². The molecule has 1 nitrogen and oxygen atoms in total. The predicted molar refractivity (Wildman–Crippen MR) is 73.8 cm³/mol. The first-order chi connectivity index (χ1) is 8.81. The molecule has 2 heteroatoms. The van der Waals surface area contributed by atoms with Gasteiger partial charge in [0.15, 0.2) is 0 Å². The highest BCUT2D eigenvalue weighted by Gasteiger charge is 2.06. The molecule has 2 aromatic carbocycles. The molecular weight excluding hydrogens is 225 g/mol. The average Bonchev–Trinajstić information content (AvgIpc) is 2.41. The van der Waals surface area contributed by atoms with Crippen LogP contribution in [-0.4, -0.2) is 6.54 Å². The van der Waals surface area contributed by atoms with Crippen LogP contribution < -0.4 is 5.32 Å². The van der Waals surface area contributed by atoms with E-state index in [1.165, 1.54) is 6.07 Å². The third kappa shape index (κ3) is 3.17. The Morgan fingerprint density at radius 3 is 2.56 bits per heavy atom. The van der Waals surface area contributed by atoms with Crippen molar-refractivity contribution in [3.05, 3.63) is 59.9 Å². The second kappa shape index (κ2) is 6.31. The van der Waals surface area contributed by atoms with Gasteiger partial charge in [-0.2, -0.15) is 0 Å². The maximum absolute atomic E-state index is 13.4. The molecule has 0 atom stereocenters. The number of nitrogens with one attached hydrogen (secondary N) is 1. The maximum Gasteiger partial charge on any atom is 0.123 e. The molecule has 0 aliphatic carbocycles. The quantitative estimate of drug-likeness (QED) is 0.783. The Labute approximate surface area is 108 Å². The van der Waals surface area contributed by atoms with E-state index in [0.29, 0.717) is 0 Å². The Balaban J connectivity index is 2.29. The number of benzene rings is 2. The normalized spacial score (nSPS) is 10.6. The Hall–Kier alpha value is -1.67. The lowest BCUT2D eigenvalue weighted by atomic mass is 9.99. The highest BCUT2D eigenvalue weighted by Crippen LogP contribution is 2.24. The molecule has 0 saturated carbocycles.